The molecular weight excluding hydrogens is 282 g/mol. The lowest BCUT2D eigenvalue weighted by Crippen LogP contribution is -2.26. The summed E-state index contributed by atoms with van der Waals surface area (Å²) in [6.45, 7) is 0.0743. The summed E-state index contributed by atoms with van der Waals surface area (Å²) in [5.74, 6) is -1.00. The molecule has 0 amide bonds. The summed E-state index contributed by atoms with van der Waals surface area (Å²) in [6.07, 6.45) is 0.641. The van der Waals surface area contributed by atoms with E-state index in [1.165, 1.54) is 0 Å². The number of unbranched alkanes of at least 4 members (excludes halogenated alkanes) is 1. The zero-order valence-corrected chi connectivity index (χ0v) is 11.9. The van der Waals surface area contributed by atoms with Gasteiger partial charge in [0.05, 0.1) is 12.4 Å². The Balaban J connectivity index is 2.40. The number of carboxylic acids is 1. The number of aliphatic hydroxyl groups is 1. The van der Waals surface area contributed by atoms with Crippen molar-refractivity contribution in [2.75, 3.05) is 5.75 Å². The van der Waals surface area contributed by atoms with Crippen molar-refractivity contribution in [3.05, 3.63) is 35.4 Å². The summed E-state index contributed by atoms with van der Waals surface area (Å²) in [5.41, 5.74) is 1.49. The topological polar surface area (TPSA) is 104 Å². The van der Waals surface area contributed by atoms with E-state index in [1.807, 2.05) is 0 Å². The van der Waals surface area contributed by atoms with E-state index < -0.39 is 16.0 Å². The van der Waals surface area contributed by atoms with Crippen LogP contribution < -0.4 is 4.72 Å². The van der Waals surface area contributed by atoms with E-state index in [2.05, 4.69) is 4.72 Å². The molecule has 0 aromatic heterocycles. The maximum Gasteiger partial charge on any atom is 0.303 e. The molecular formula is C13H19NO5S. The van der Waals surface area contributed by atoms with E-state index in [1.54, 1.807) is 24.3 Å². The summed E-state index contributed by atoms with van der Waals surface area (Å²) in [4.78, 5) is 10.3. The van der Waals surface area contributed by atoms with Crippen LogP contribution in [0.1, 0.15) is 30.4 Å². The summed E-state index contributed by atoms with van der Waals surface area (Å²) in [6, 6.07) is 7.00. The predicted molar refractivity (Wildman–Crippen MR) is 74.5 cm³/mol. The molecule has 0 bridgehead atoms. The van der Waals surface area contributed by atoms with Crippen LogP contribution in [0, 0.1) is 0 Å². The molecule has 0 saturated heterocycles. The second-order valence-corrected chi connectivity index (χ2v) is 6.40. The average molecular weight is 301 g/mol. The van der Waals surface area contributed by atoms with Crippen LogP contribution in [0.15, 0.2) is 24.3 Å². The van der Waals surface area contributed by atoms with Crippen LogP contribution in [0.4, 0.5) is 0 Å². The molecule has 3 N–H and O–H groups in total. The number of nitrogens with one attached hydrogen (secondary N) is 1. The van der Waals surface area contributed by atoms with Crippen molar-refractivity contribution in [1.82, 2.24) is 4.72 Å². The number of hydrogen-bond acceptors (Lipinski definition) is 4. The smallest absolute Gasteiger partial charge is 0.303 e. The molecule has 112 valence electrons. The van der Waals surface area contributed by atoms with Crippen LogP contribution in [0.25, 0.3) is 0 Å². The highest BCUT2D eigenvalue weighted by Crippen LogP contribution is 2.06. The van der Waals surface area contributed by atoms with E-state index in [0.717, 1.165) is 11.1 Å². The summed E-state index contributed by atoms with van der Waals surface area (Å²) in [7, 11) is -3.40. The van der Waals surface area contributed by atoms with Crippen LogP contribution in [0.5, 0.6) is 0 Å². The van der Waals surface area contributed by atoms with Gasteiger partial charge in [-0.25, -0.2) is 13.1 Å². The number of hydrogen-bond donors (Lipinski definition) is 3. The quantitative estimate of drug-likeness (QED) is 0.587. The molecule has 0 heterocycles. The van der Waals surface area contributed by atoms with Gasteiger partial charge >= 0.3 is 5.97 Å². The van der Waals surface area contributed by atoms with Gasteiger partial charge in [-0.1, -0.05) is 24.3 Å². The third-order valence-corrected chi connectivity index (χ3v) is 4.13. The molecule has 1 rings (SSSR count). The number of carbonyl (C=O) groups is 1. The van der Waals surface area contributed by atoms with Crippen molar-refractivity contribution < 1.29 is 23.4 Å². The first kappa shape index (κ1) is 16.6. The standard InChI is InChI=1S/C13H19NO5S/c15-10-12-5-3-4-11(8-12)9-14-20(18,19)7-2-1-6-13(16)17/h3-5,8,14-15H,1-2,6-7,9-10H2,(H,16,17). The molecule has 0 saturated carbocycles. The maximum atomic E-state index is 11.7. The molecule has 7 heteroatoms. The van der Waals surface area contributed by atoms with Gasteiger partial charge in [-0.2, -0.15) is 0 Å². The molecule has 6 nitrogen and oxygen atoms in total. The summed E-state index contributed by atoms with van der Waals surface area (Å²) < 4.78 is 25.8. The Morgan fingerprint density at radius 1 is 1.20 bits per heavy atom. The number of carboxylic acid groups (broad SMARTS) is 1. The van der Waals surface area contributed by atoms with Crippen molar-refractivity contribution in [3.63, 3.8) is 0 Å². The average Bonchev–Trinajstić information content (AvgIpc) is 2.42. The van der Waals surface area contributed by atoms with Gasteiger partial charge in [0, 0.05) is 13.0 Å². The Labute approximate surface area is 118 Å². The Morgan fingerprint density at radius 2 is 1.90 bits per heavy atom. The largest absolute Gasteiger partial charge is 0.481 e. The molecule has 0 aliphatic heterocycles. The third kappa shape index (κ3) is 6.65. The maximum absolute atomic E-state index is 11.7. The van der Waals surface area contributed by atoms with E-state index in [0.29, 0.717) is 12.8 Å². The Kier molecular flexibility index (Phi) is 6.63. The molecule has 0 radical (unpaired) electrons. The van der Waals surface area contributed by atoms with Gasteiger partial charge < -0.3 is 10.2 Å². The zero-order chi connectivity index (χ0) is 15.0. The van der Waals surface area contributed by atoms with E-state index >= 15 is 0 Å². The zero-order valence-electron chi connectivity index (χ0n) is 11.1. The third-order valence-electron chi connectivity index (χ3n) is 2.72. The number of sulfonamides is 1. The lowest BCUT2D eigenvalue weighted by atomic mass is 10.1. The van der Waals surface area contributed by atoms with E-state index in [9.17, 15) is 13.2 Å². The Hall–Kier alpha value is -1.44. The first-order chi connectivity index (χ1) is 9.43. The van der Waals surface area contributed by atoms with Crippen molar-refractivity contribution >= 4 is 16.0 Å². The Bertz CT molecular complexity index is 541. The van der Waals surface area contributed by atoms with Crippen LogP contribution in [-0.2, 0) is 28.0 Å². The minimum absolute atomic E-state index is 0.0198. The van der Waals surface area contributed by atoms with Gasteiger partial charge in [0.15, 0.2) is 0 Å². The Morgan fingerprint density at radius 3 is 2.55 bits per heavy atom. The van der Waals surface area contributed by atoms with Gasteiger partial charge in [0.2, 0.25) is 10.0 Å². The number of aliphatic hydroxyl groups excluding tert-OH is 1. The predicted octanol–water partition coefficient (Wildman–Crippen LogP) is 0.853. The van der Waals surface area contributed by atoms with Crippen molar-refractivity contribution in [1.29, 1.82) is 0 Å². The number of rotatable bonds is 9. The first-order valence-electron chi connectivity index (χ1n) is 6.31. The number of aliphatic carboxylic acids is 1. The molecule has 1 aromatic carbocycles. The molecule has 0 spiro atoms. The molecule has 0 fully saturated rings. The highest BCUT2D eigenvalue weighted by atomic mass is 32.2. The highest BCUT2D eigenvalue weighted by Gasteiger charge is 2.10. The van der Waals surface area contributed by atoms with Crippen molar-refractivity contribution in [3.8, 4) is 0 Å². The van der Waals surface area contributed by atoms with Crippen LogP contribution in [0.3, 0.4) is 0 Å². The van der Waals surface area contributed by atoms with E-state index in [4.69, 9.17) is 10.2 Å². The van der Waals surface area contributed by atoms with Crippen molar-refractivity contribution in [2.45, 2.75) is 32.4 Å². The normalized spacial score (nSPS) is 11.4. The molecule has 0 unspecified atom stereocenters. The first-order valence-corrected chi connectivity index (χ1v) is 7.96. The summed E-state index contributed by atoms with van der Waals surface area (Å²) >= 11 is 0. The highest BCUT2D eigenvalue weighted by molar-refractivity contribution is 7.89. The minimum atomic E-state index is -3.40. The van der Waals surface area contributed by atoms with Gasteiger partial charge in [-0.3, -0.25) is 4.79 Å². The SMILES string of the molecule is O=C(O)CCCCS(=O)(=O)NCc1cccc(CO)c1. The second-order valence-electron chi connectivity index (χ2n) is 4.47. The lowest BCUT2D eigenvalue weighted by molar-refractivity contribution is -0.137. The fourth-order valence-corrected chi connectivity index (χ4v) is 2.79. The number of benzene rings is 1. The van der Waals surface area contributed by atoms with Gasteiger partial charge in [0.1, 0.15) is 0 Å². The monoisotopic (exact) mass is 301 g/mol. The molecule has 1 aromatic rings. The van der Waals surface area contributed by atoms with Crippen molar-refractivity contribution in [2.24, 2.45) is 0 Å². The molecule has 0 aliphatic carbocycles. The summed E-state index contributed by atoms with van der Waals surface area (Å²) in [5, 5.41) is 17.5. The van der Waals surface area contributed by atoms with Gasteiger partial charge in [-0.15, -0.1) is 0 Å². The molecule has 20 heavy (non-hydrogen) atoms. The van der Waals surface area contributed by atoms with Crippen LogP contribution in [-0.4, -0.2) is 30.4 Å². The second kappa shape index (κ2) is 7.98. The van der Waals surface area contributed by atoms with E-state index in [-0.39, 0.29) is 25.3 Å². The van der Waals surface area contributed by atoms with Gasteiger partial charge in [0.25, 0.3) is 0 Å². The fraction of sp³-hybridized carbons (Fsp3) is 0.462. The van der Waals surface area contributed by atoms with Gasteiger partial charge in [-0.05, 0) is 24.0 Å². The molecule has 0 aliphatic rings. The molecule has 0 atom stereocenters. The minimum Gasteiger partial charge on any atom is -0.481 e. The lowest BCUT2D eigenvalue weighted by Gasteiger charge is -2.07. The van der Waals surface area contributed by atoms with Crippen LogP contribution in [0.2, 0.25) is 0 Å². The fourth-order valence-electron chi connectivity index (χ4n) is 1.67. The van der Waals surface area contributed by atoms with Crippen LogP contribution >= 0.6 is 0 Å².